The fourth-order valence-electron chi connectivity index (χ4n) is 1.96. The van der Waals surface area contributed by atoms with E-state index in [0.29, 0.717) is 15.7 Å². The molecule has 0 spiro atoms. The Labute approximate surface area is 133 Å². The van der Waals surface area contributed by atoms with Crippen molar-refractivity contribution >= 4 is 34.9 Å². The monoisotopic (exact) mass is 326 g/mol. The largest absolute Gasteiger partial charge is 0.331 e. The summed E-state index contributed by atoms with van der Waals surface area (Å²) in [5.41, 5.74) is 2.57. The molecule has 112 valence electrons. The summed E-state index contributed by atoms with van der Waals surface area (Å²) in [6.45, 7) is 3.86. The summed E-state index contributed by atoms with van der Waals surface area (Å²) >= 11 is 11.7. The normalized spacial score (nSPS) is 12.0. The Hall–Kier alpha value is -1.72. The van der Waals surface area contributed by atoms with Crippen molar-refractivity contribution in [3.05, 3.63) is 45.7 Å². The Balaban J connectivity index is 2.01. The van der Waals surface area contributed by atoms with Crippen LogP contribution in [0, 0.1) is 6.92 Å². The molecule has 0 saturated carbocycles. The molecule has 2 amide bonds. The molecule has 0 radical (unpaired) electrons. The van der Waals surface area contributed by atoms with Gasteiger partial charge in [0.05, 0.1) is 22.3 Å². The van der Waals surface area contributed by atoms with E-state index in [0.717, 1.165) is 11.3 Å². The number of urea groups is 1. The van der Waals surface area contributed by atoms with Gasteiger partial charge in [0.15, 0.2) is 0 Å². The Bertz CT molecular complexity index is 669. The predicted molar refractivity (Wildman–Crippen MR) is 85.0 cm³/mol. The third-order valence-electron chi connectivity index (χ3n) is 3.26. The number of benzene rings is 1. The van der Waals surface area contributed by atoms with Crippen LogP contribution in [0.4, 0.5) is 10.5 Å². The lowest BCUT2D eigenvalue weighted by Crippen LogP contribution is -2.31. The average molecular weight is 327 g/mol. The van der Waals surface area contributed by atoms with E-state index in [1.165, 1.54) is 0 Å². The van der Waals surface area contributed by atoms with Crippen LogP contribution < -0.4 is 10.6 Å². The Morgan fingerprint density at radius 2 is 2.05 bits per heavy atom. The van der Waals surface area contributed by atoms with Gasteiger partial charge in [-0.2, -0.15) is 5.10 Å². The molecular weight excluding hydrogens is 311 g/mol. The maximum atomic E-state index is 12.0. The number of amides is 2. The standard InChI is InChI=1S/C14H16Cl2N4O/c1-8(11-7-17-20(3)9(11)2)18-14(21)19-10-4-5-12(15)13(16)6-10/h4-8H,1-3H3,(H2,18,19,21)/t8-/m0/s1. The van der Waals surface area contributed by atoms with Gasteiger partial charge in [-0.1, -0.05) is 23.2 Å². The zero-order valence-corrected chi connectivity index (χ0v) is 13.5. The highest BCUT2D eigenvalue weighted by Crippen LogP contribution is 2.25. The molecule has 1 aromatic carbocycles. The quantitative estimate of drug-likeness (QED) is 0.898. The van der Waals surface area contributed by atoms with Gasteiger partial charge in [0.25, 0.3) is 0 Å². The Morgan fingerprint density at radius 3 is 2.62 bits per heavy atom. The van der Waals surface area contributed by atoms with Crippen LogP contribution in [0.3, 0.4) is 0 Å². The minimum Gasteiger partial charge on any atom is -0.331 e. The van der Waals surface area contributed by atoms with E-state index in [9.17, 15) is 4.79 Å². The maximum Gasteiger partial charge on any atom is 0.319 e. The predicted octanol–water partition coefficient (Wildman–Crippen LogP) is 3.92. The van der Waals surface area contributed by atoms with Gasteiger partial charge in [-0.25, -0.2) is 4.79 Å². The number of carbonyl (C=O) groups is 1. The lowest BCUT2D eigenvalue weighted by atomic mass is 10.1. The highest BCUT2D eigenvalue weighted by molar-refractivity contribution is 6.42. The zero-order valence-electron chi connectivity index (χ0n) is 11.9. The number of rotatable bonds is 3. The van der Waals surface area contributed by atoms with E-state index in [1.54, 1.807) is 29.1 Å². The summed E-state index contributed by atoms with van der Waals surface area (Å²) < 4.78 is 1.77. The van der Waals surface area contributed by atoms with Crippen LogP contribution in [0.15, 0.2) is 24.4 Å². The molecule has 7 heteroatoms. The lowest BCUT2D eigenvalue weighted by molar-refractivity contribution is 0.249. The SMILES string of the molecule is Cc1c([C@H](C)NC(=O)Nc2ccc(Cl)c(Cl)c2)cnn1C. The number of hydrogen-bond acceptors (Lipinski definition) is 2. The van der Waals surface area contributed by atoms with Gasteiger partial charge in [0.1, 0.15) is 0 Å². The first-order valence-corrected chi connectivity index (χ1v) is 7.15. The molecular formula is C14H16Cl2N4O. The summed E-state index contributed by atoms with van der Waals surface area (Å²) in [5, 5.41) is 10.6. The smallest absolute Gasteiger partial charge is 0.319 e. The van der Waals surface area contributed by atoms with Crippen LogP contribution >= 0.6 is 23.2 Å². The first-order chi connectivity index (χ1) is 9.88. The highest BCUT2D eigenvalue weighted by Gasteiger charge is 2.14. The molecule has 0 fully saturated rings. The number of halogens is 2. The molecule has 2 rings (SSSR count). The second-order valence-corrected chi connectivity index (χ2v) is 5.57. The zero-order chi connectivity index (χ0) is 15.6. The van der Waals surface area contributed by atoms with E-state index in [2.05, 4.69) is 15.7 Å². The molecule has 1 atom stereocenters. The van der Waals surface area contributed by atoms with Crippen LogP contribution in [0.5, 0.6) is 0 Å². The summed E-state index contributed by atoms with van der Waals surface area (Å²) in [6.07, 6.45) is 1.75. The van der Waals surface area contributed by atoms with Gasteiger partial charge >= 0.3 is 6.03 Å². The van der Waals surface area contributed by atoms with E-state index in [1.807, 2.05) is 20.9 Å². The molecule has 0 bridgehead atoms. The third kappa shape index (κ3) is 3.68. The molecule has 5 nitrogen and oxygen atoms in total. The minimum absolute atomic E-state index is 0.151. The number of aryl methyl sites for hydroxylation is 1. The first kappa shape index (κ1) is 15.7. The van der Waals surface area contributed by atoms with Crippen molar-refractivity contribution < 1.29 is 4.79 Å². The summed E-state index contributed by atoms with van der Waals surface area (Å²) in [7, 11) is 1.86. The maximum absolute atomic E-state index is 12.0. The van der Waals surface area contributed by atoms with Crippen molar-refractivity contribution in [2.24, 2.45) is 7.05 Å². The molecule has 2 aromatic rings. The lowest BCUT2D eigenvalue weighted by Gasteiger charge is -2.14. The molecule has 1 heterocycles. The van der Waals surface area contributed by atoms with Crippen LogP contribution in [0.1, 0.15) is 24.2 Å². The van der Waals surface area contributed by atoms with Gasteiger partial charge in [-0.15, -0.1) is 0 Å². The molecule has 21 heavy (non-hydrogen) atoms. The van der Waals surface area contributed by atoms with Crippen molar-refractivity contribution in [3.63, 3.8) is 0 Å². The van der Waals surface area contributed by atoms with Crippen molar-refractivity contribution in [1.29, 1.82) is 0 Å². The molecule has 0 aliphatic carbocycles. The molecule has 2 N–H and O–H groups in total. The number of carbonyl (C=O) groups excluding carboxylic acids is 1. The number of nitrogens with one attached hydrogen (secondary N) is 2. The van der Waals surface area contributed by atoms with E-state index in [4.69, 9.17) is 23.2 Å². The molecule has 0 aliphatic rings. The van der Waals surface area contributed by atoms with Gasteiger partial charge in [0.2, 0.25) is 0 Å². The van der Waals surface area contributed by atoms with Crippen LogP contribution in [0.2, 0.25) is 10.0 Å². The minimum atomic E-state index is -0.316. The van der Waals surface area contributed by atoms with Gasteiger partial charge in [-0.05, 0) is 32.0 Å². The number of aromatic nitrogens is 2. The van der Waals surface area contributed by atoms with Crippen molar-refractivity contribution in [3.8, 4) is 0 Å². The van der Waals surface area contributed by atoms with Crippen LogP contribution in [0.25, 0.3) is 0 Å². The van der Waals surface area contributed by atoms with Crippen LogP contribution in [-0.2, 0) is 7.05 Å². The van der Waals surface area contributed by atoms with E-state index in [-0.39, 0.29) is 12.1 Å². The molecule has 0 saturated heterocycles. The molecule has 0 unspecified atom stereocenters. The van der Waals surface area contributed by atoms with Gasteiger partial charge in [-0.3, -0.25) is 4.68 Å². The number of nitrogens with zero attached hydrogens (tertiary/aromatic N) is 2. The summed E-state index contributed by atoms with van der Waals surface area (Å²) in [4.78, 5) is 12.0. The third-order valence-corrected chi connectivity index (χ3v) is 4.00. The Kier molecular flexibility index (Phi) is 4.75. The molecule has 1 aromatic heterocycles. The molecule has 0 aliphatic heterocycles. The topological polar surface area (TPSA) is 59.0 Å². The number of hydrogen-bond donors (Lipinski definition) is 2. The Morgan fingerprint density at radius 1 is 1.33 bits per heavy atom. The second kappa shape index (κ2) is 6.37. The van der Waals surface area contributed by atoms with Crippen LogP contribution in [-0.4, -0.2) is 15.8 Å². The average Bonchev–Trinajstić information content (AvgIpc) is 2.74. The van der Waals surface area contributed by atoms with Gasteiger partial charge in [0, 0.05) is 24.0 Å². The fraction of sp³-hybridized carbons (Fsp3) is 0.286. The van der Waals surface area contributed by atoms with E-state index >= 15 is 0 Å². The second-order valence-electron chi connectivity index (χ2n) is 4.76. The summed E-state index contributed by atoms with van der Waals surface area (Å²) in [6, 6.07) is 4.46. The fourth-order valence-corrected chi connectivity index (χ4v) is 2.25. The first-order valence-electron chi connectivity index (χ1n) is 6.39. The van der Waals surface area contributed by atoms with Gasteiger partial charge < -0.3 is 10.6 Å². The van der Waals surface area contributed by atoms with Crippen molar-refractivity contribution in [2.45, 2.75) is 19.9 Å². The highest BCUT2D eigenvalue weighted by atomic mass is 35.5. The van der Waals surface area contributed by atoms with Crippen molar-refractivity contribution in [2.75, 3.05) is 5.32 Å². The van der Waals surface area contributed by atoms with E-state index < -0.39 is 0 Å². The number of anilines is 1. The van der Waals surface area contributed by atoms with Crippen molar-refractivity contribution in [1.82, 2.24) is 15.1 Å². The summed E-state index contributed by atoms with van der Waals surface area (Å²) in [5.74, 6) is 0.